The first-order valence-electron chi connectivity index (χ1n) is 7.14. The van der Waals surface area contributed by atoms with Gasteiger partial charge in [0.2, 0.25) is 0 Å². The van der Waals surface area contributed by atoms with E-state index in [1.165, 1.54) is 47.2 Å². The fourth-order valence-corrected chi connectivity index (χ4v) is 4.42. The van der Waals surface area contributed by atoms with Gasteiger partial charge >= 0.3 is 0 Å². The molecule has 118 valence electrons. The molecule has 2 aromatic heterocycles. The Morgan fingerprint density at radius 1 is 1.22 bits per heavy atom. The Balaban J connectivity index is 1.89. The monoisotopic (exact) mass is 346 g/mol. The lowest BCUT2D eigenvalue weighted by Crippen LogP contribution is -2.13. The second-order valence-electron chi connectivity index (χ2n) is 5.27. The molecule has 0 spiro atoms. The van der Waals surface area contributed by atoms with Crippen LogP contribution in [-0.2, 0) is 0 Å². The number of Topliss-reactive ketones (excluding diaryl/α,β-unsaturated/α-hetero) is 1. The lowest BCUT2D eigenvalue weighted by Gasteiger charge is -2.10. The zero-order valence-electron chi connectivity index (χ0n) is 13.0. The van der Waals surface area contributed by atoms with E-state index >= 15 is 0 Å². The molecule has 1 unspecified atom stereocenters. The Bertz CT molecular complexity index is 874. The molecule has 0 amide bonds. The predicted octanol–water partition coefficient (Wildman–Crippen LogP) is 4.81. The van der Waals surface area contributed by atoms with Crippen molar-refractivity contribution in [1.82, 2.24) is 9.97 Å². The fraction of sp³-hybridized carbons (Fsp3) is 0.235. The minimum absolute atomic E-state index is 0.0358. The molecule has 0 N–H and O–H groups in total. The van der Waals surface area contributed by atoms with E-state index < -0.39 is 0 Å². The maximum Gasteiger partial charge on any atom is 0.175 e. The normalized spacial score (nSPS) is 12.5. The lowest BCUT2D eigenvalue weighted by molar-refractivity contribution is 0.0994. The third-order valence-electron chi connectivity index (χ3n) is 3.72. The van der Waals surface area contributed by atoms with E-state index in [2.05, 4.69) is 16.9 Å². The highest BCUT2D eigenvalue weighted by atomic mass is 32.2. The van der Waals surface area contributed by atoms with Crippen molar-refractivity contribution < 1.29 is 9.18 Å². The number of fused-ring (bicyclic) bond motifs is 1. The van der Waals surface area contributed by atoms with Crippen molar-refractivity contribution in [3.05, 3.63) is 52.4 Å². The van der Waals surface area contributed by atoms with Crippen LogP contribution in [0.25, 0.3) is 10.2 Å². The smallest absolute Gasteiger partial charge is 0.175 e. The molecule has 0 bridgehead atoms. The maximum atomic E-state index is 13.0. The highest BCUT2D eigenvalue weighted by Gasteiger charge is 2.20. The third kappa shape index (κ3) is 3.14. The molecule has 1 atom stereocenters. The summed E-state index contributed by atoms with van der Waals surface area (Å²) in [5.74, 6) is -0.380. The second kappa shape index (κ2) is 6.37. The van der Waals surface area contributed by atoms with E-state index in [4.69, 9.17) is 0 Å². The first-order valence-corrected chi connectivity index (χ1v) is 8.84. The van der Waals surface area contributed by atoms with Crippen molar-refractivity contribution in [3.8, 4) is 0 Å². The van der Waals surface area contributed by atoms with Crippen LogP contribution in [-0.4, -0.2) is 21.0 Å². The van der Waals surface area contributed by atoms with Crippen molar-refractivity contribution in [2.75, 3.05) is 0 Å². The Kier molecular flexibility index (Phi) is 4.46. The Morgan fingerprint density at radius 2 is 1.91 bits per heavy atom. The van der Waals surface area contributed by atoms with E-state index in [0.29, 0.717) is 5.56 Å². The molecule has 0 saturated carbocycles. The minimum Gasteiger partial charge on any atom is -0.293 e. The van der Waals surface area contributed by atoms with Crippen LogP contribution in [0.15, 0.2) is 35.6 Å². The molecular formula is C17H15FN2OS2. The summed E-state index contributed by atoms with van der Waals surface area (Å²) < 4.78 is 13.0. The van der Waals surface area contributed by atoms with Crippen molar-refractivity contribution in [2.24, 2.45) is 0 Å². The molecule has 0 radical (unpaired) electrons. The molecule has 3 aromatic rings. The zero-order chi connectivity index (χ0) is 16.6. The Hall–Kier alpha value is -1.79. The number of hydrogen-bond acceptors (Lipinski definition) is 5. The minimum atomic E-state index is -0.344. The number of carbonyl (C=O) groups is 1. The molecule has 3 rings (SSSR count). The number of thioether (sulfide) groups is 1. The van der Waals surface area contributed by atoms with Crippen LogP contribution in [0, 0.1) is 19.7 Å². The highest BCUT2D eigenvalue weighted by Crippen LogP contribution is 2.36. The van der Waals surface area contributed by atoms with Gasteiger partial charge in [0.05, 0.1) is 5.25 Å². The number of ketones is 1. The number of aromatic nitrogens is 2. The van der Waals surface area contributed by atoms with Crippen LogP contribution in [0.2, 0.25) is 0 Å². The summed E-state index contributed by atoms with van der Waals surface area (Å²) in [6.45, 7) is 5.95. The van der Waals surface area contributed by atoms with Crippen molar-refractivity contribution >= 4 is 39.1 Å². The van der Waals surface area contributed by atoms with Gasteiger partial charge in [-0.2, -0.15) is 0 Å². The zero-order valence-corrected chi connectivity index (χ0v) is 14.6. The second-order valence-corrected chi connectivity index (χ2v) is 7.81. The first-order chi connectivity index (χ1) is 11.0. The topological polar surface area (TPSA) is 42.9 Å². The summed E-state index contributed by atoms with van der Waals surface area (Å²) in [4.78, 5) is 23.3. The van der Waals surface area contributed by atoms with Crippen LogP contribution in [0.4, 0.5) is 4.39 Å². The number of aryl methyl sites for hydroxylation is 2. The van der Waals surface area contributed by atoms with Crippen molar-refractivity contribution in [3.63, 3.8) is 0 Å². The number of rotatable bonds is 4. The molecule has 0 fully saturated rings. The van der Waals surface area contributed by atoms with Gasteiger partial charge in [-0.05, 0) is 50.6 Å². The number of carbonyl (C=O) groups excluding carboxylic acids is 1. The number of hydrogen-bond donors (Lipinski definition) is 0. The molecule has 0 aliphatic carbocycles. The van der Waals surface area contributed by atoms with Crippen LogP contribution < -0.4 is 0 Å². The van der Waals surface area contributed by atoms with Gasteiger partial charge in [-0.15, -0.1) is 11.3 Å². The summed E-state index contributed by atoms with van der Waals surface area (Å²) in [5, 5.41) is 1.54. The van der Waals surface area contributed by atoms with Crippen molar-refractivity contribution in [1.29, 1.82) is 0 Å². The van der Waals surface area contributed by atoms with E-state index in [9.17, 15) is 9.18 Å². The summed E-state index contributed by atoms with van der Waals surface area (Å²) in [7, 11) is 0. The van der Waals surface area contributed by atoms with E-state index in [1.54, 1.807) is 11.3 Å². The summed E-state index contributed by atoms with van der Waals surface area (Å²) in [5.41, 5.74) is 1.67. The van der Waals surface area contributed by atoms with Crippen molar-refractivity contribution in [2.45, 2.75) is 31.0 Å². The average molecular weight is 346 g/mol. The standard InChI is InChI=1S/C17H15FN2OS2/c1-9-10(2)22-16-14(9)17(20-8-19-16)23-11(3)15(21)12-4-6-13(18)7-5-12/h4-8,11H,1-3H3. The maximum absolute atomic E-state index is 13.0. The molecule has 0 saturated heterocycles. The van der Waals surface area contributed by atoms with Crippen LogP contribution in [0.5, 0.6) is 0 Å². The molecule has 0 aliphatic rings. The SMILES string of the molecule is Cc1sc2ncnc(SC(C)C(=O)c3ccc(F)cc3)c2c1C. The fourth-order valence-electron chi connectivity index (χ4n) is 2.31. The summed E-state index contributed by atoms with van der Waals surface area (Å²) in [6.07, 6.45) is 1.54. The summed E-state index contributed by atoms with van der Waals surface area (Å²) >= 11 is 3.06. The van der Waals surface area contributed by atoms with Crippen LogP contribution in [0.1, 0.15) is 27.7 Å². The van der Waals surface area contributed by atoms with E-state index in [0.717, 1.165) is 20.8 Å². The predicted molar refractivity (Wildman–Crippen MR) is 92.9 cm³/mol. The van der Waals surface area contributed by atoms with Crippen LogP contribution >= 0.6 is 23.1 Å². The van der Waals surface area contributed by atoms with Gasteiger partial charge in [0.15, 0.2) is 5.78 Å². The van der Waals surface area contributed by atoms with E-state index in [-0.39, 0.29) is 16.9 Å². The van der Waals surface area contributed by atoms with Gasteiger partial charge in [-0.3, -0.25) is 4.79 Å². The van der Waals surface area contributed by atoms with Gasteiger partial charge < -0.3 is 0 Å². The third-order valence-corrected chi connectivity index (χ3v) is 5.93. The molecule has 6 heteroatoms. The van der Waals surface area contributed by atoms with Crippen LogP contribution in [0.3, 0.4) is 0 Å². The Morgan fingerprint density at radius 3 is 2.61 bits per heavy atom. The molecular weight excluding hydrogens is 331 g/mol. The molecule has 23 heavy (non-hydrogen) atoms. The quantitative estimate of drug-likeness (QED) is 0.386. The average Bonchev–Trinajstić information content (AvgIpc) is 2.83. The number of halogens is 1. The van der Waals surface area contributed by atoms with E-state index in [1.807, 2.05) is 13.8 Å². The molecule has 2 heterocycles. The van der Waals surface area contributed by atoms with Gasteiger partial charge in [0.1, 0.15) is 22.0 Å². The first kappa shape index (κ1) is 16.1. The van der Waals surface area contributed by atoms with Gasteiger partial charge in [0, 0.05) is 15.8 Å². The van der Waals surface area contributed by atoms with Gasteiger partial charge in [-0.25, -0.2) is 14.4 Å². The number of benzene rings is 1. The lowest BCUT2D eigenvalue weighted by atomic mass is 10.1. The largest absolute Gasteiger partial charge is 0.293 e. The molecule has 3 nitrogen and oxygen atoms in total. The summed E-state index contributed by atoms with van der Waals surface area (Å²) in [6, 6.07) is 5.65. The number of thiophene rings is 1. The highest BCUT2D eigenvalue weighted by molar-refractivity contribution is 8.00. The van der Waals surface area contributed by atoms with Gasteiger partial charge in [0.25, 0.3) is 0 Å². The molecule has 1 aromatic carbocycles. The number of nitrogens with zero attached hydrogens (tertiary/aromatic N) is 2. The van der Waals surface area contributed by atoms with Gasteiger partial charge in [-0.1, -0.05) is 11.8 Å². The molecule has 0 aliphatic heterocycles. The Labute approximate surface area is 142 Å².